The summed E-state index contributed by atoms with van der Waals surface area (Å²) in [6.45, 7) is 0.385. The third-order valence-electron chi connectivity index (χ3n) is 4.25. The molecule has 2 N–H and O–H groups in total. The van der Waals surface area contributed by atoms with Crippen molar-refractivity contribution in [2.24, 2.45) is 0 Å². The van der Waals surface area contributed by atoms with E-state index in [0.717, 1.165) is 5.56 Å². The summed E-state index contributed by atoms with van der Waals surface area (Å²) in [5, 5.41) is 2.88. The Morgan fingerprint density at radius 1 is 1.15 bits per heavy atom. The van der Waals surface area contributed by atoms with E-state index in [1.807, 2.05) is 49.3 Å². The van der Waals surface area contributed by atoms with Crippen LogP contribution in [0.25, 0.3) is 0 Å². The van der Waals surface area contributed by atoms with Crippen molar-refractivity contribution in [3.8, 4) is 5.75 Å². The largest absolute Gasteiger partial charge is 0.495 e. The highest BCUT2D eigenvalue weighted by Crippen LogP contribution is 2.25. The topological polar surface area (TPSA) is 87.7 Å². The minimum Gasteiger partial charge on any atom is -0.495 e. The Hall–Kier alpha value is -2.42. The van der Waals surface area contributed by atoms with Gasteiger partial charge in [0, 0.05) is 12.1 Å². The fourth-order valence-corrected chi connectivity index (χ4v) is 3.62. The van der Waals surface area contributed by atoms with E-state index in [0.29, 0.717) is 6.54 Å². The lowest BCUT2D eigenvalue weighted by atomic mass is 10.1. The molecule has 0 spiro atoms. The molecule has 27 heavy (non-hydrogen) atoms. The van der Waals surface area contributed by atoms with Gasteiger partial charge in [0.1, 0.15) is 10.6 Å². The van der Waals surface area contributed by atoms with Gasteiger partial charge in [0.05, 0.1) is 13.2 Å². The van der Waals surface area contributed by atoms with E-state index >= 15 is 0 Å². The number of amides is 1. The molecule has 2 aromatic carbocycles. The van der Waals surface area contributed by atoms with Crippen LogP contribution >= 0.6 is 0 Å². The van der Waals surface area contributed by atoms with E-state index < -0.39 is 10.0 Å². The monoisotopic (exact) mass is 391 g/mol. The molecule has 0 heterocycles. The second kappa shape index (κ2) is 8.98. The summed E-state index contributed by atoms with van der Waals surface area (Å²) in [4.78, 5) is 14.5. The summed E-state index contributed by atoms with van der Waals surface area (Å²) < 4.78 is 31.7. The van der Waals surface area contributed by atoms with E-state index in [4.69, 9.17) is 4.74 Å². The van der Waals surface area contributed by atoms with Crippen LogP contribution in [0.5, 0.6) is 5.75 Å². The maximum atomic E-state index is 12.6. The van der Waals surface area contributed by atoms with Crippen LogP contribution in [0.3, 0.4) is 0 Å². The number of benzene rings is 2. The number of rotatable bonds is 8. The minimum atomic E-state index is -3.75. The van der Waals surface area contributed by atoms with Crippen molar-refractivity contribution in [2.45, 2.75) is 10.9 Å². The first kappa shape index (κ1) is 20.9. The van der Waals surface area contributed by atoms with Gasteiger partial charge < -0.3 is 15.0 Å². The van der Waals surface area contributed by atoms with Gasteiger partial charge in [0.25, 0.3) is 5.91 Å². The summed E-state index contributed by atoms with van der Waals surface area (Å²) in [6.07, 6.45) is 0. The number of carbonyl (C=O) groups excluding carboxylic acids is 1. The molecule has 1 atom stereocenters. The number of nitrogens with zero attached hydrogens (tertiary/aromatic N) is 1. The SMILES string of the molecule is CNS(=O)(=O)c1cc(C(=O)NC[C@H](c2ccccc2)N(C)C)ccc1OC. The van der Waals surface area contributed by atoms with Crippen LogP contribution in [-0.4, -0.2) is 54.0 Å². The highest BCUT2D eigenvalue weighted by atomic mass is 32.2. The Morgan fingerprint density at radius 3 is 2.37 bits per heavy atom. The summed E-state index contributed by atoms with van der Waals surface area (Å²) in [5.74, 6) is -0.177. The van der Waals surface area contributed by atoms with Crippen molar-refractivity contribution in [1.82, 2.24) is 14.9 Å². The zero-order chi connectivity index (χ0) is 20.0. The number of likely N-dealkylation sites (N-methyl/N-ethyl adjacent to an activating group) is 1. The van der Waals surface area contributed by atoms with E-state index in [9.17, 15) is 13.2 Å². The fourth-order valence-electron chi connectivity index (χ4n) is 2.70. The lowest BCUT2D eigenvalue weighted by Crippen LogP contribution is -2.34. The van der Waals surface area contributed by atoms with Gasteiger partial charge in [-0.2, -0.15) is 0 Å². The molecule has 0 radical (unpaired) electrons. The van der Waals surface area contributed by atoms with Crippen LogP contribution in [0.1, 0.15) is 22.0 Å². The molecule has 0 saturated carbocycles. The number of hydrogen-bond acceptors (Lipinski definition) is 5. The molecule has 146 valence electrons. The predicted molar refractivity (Wildman–Crippen MR) is 104 cm³/mol. The van der Waals surface area contributed by atoms with Crippen LogP contribution < -0.4 is 14.8 Å². The third kappa shape index (κ3) is 5.06. The van der Waals surface area contributed by atoms with Crippen LogP contribution in [-0.2, 0) is 10.0 Å². The molecular formula is C19H25N3O4S. The van der Waals surface area contributed by atoms with Gasteiger partial charge in [-0.25, -0.2) is 13.1 Å². The van der Waals surface area contributed by atoms with Crippen molar-refractivity contribution in [1.29, 1.82) is 0 Å². The quantitative estimate of drug-likeness (QED) is 0.714. The molecule has 0 fully saturated rings. The molecule has 0 aliphatic rings. The van der Waals surface area contributed by atoms with E-state index in [-0.39, 0.29) is 28.2 Å². The number of sulfonamides is 1. The summed E-state index contributed by atoms with van der Waals surface area (Å²) in [7, 11) is 2.82. The molecule has 7 nitrogen and oxygen atoms in total. The number of carbonyl (C=O) groups is 1. The van der Waals surface area contributed by atoms with Crippen molar-refractivity contribution in [3.05, 3.63) is 59.7 Å². The average Bonchev–Trinajstić information content (AvgIpc) is 2.68. The van der Waals surface area contributed by atoms with Crippen molar-refractivity contribution >= 4 is 15.9 Å². The summed E-state index contributed by atoms with van der Waals surface area (Å²) in [5.41, 5.74) is 1.33. The normalized spacial score (nSPS) is 12.6. The predicted octanol–water partition coefficient (Wildman–Crippen LogP) is 1.64. The first-order valence-corrected chi connectivity index (χ1v) is 9.89. The molecule has 0 bridgehead atoms. The zero-order valence-electron chi connectivity index (χ0n) is 15.9. The standard InChI is InChI=1S/C19H25N3O4S/c1-20-27(24,25)18-12-15(10-11-17(18)26-4)19(23)21-13-16(22(2)3)14-8-6-5-7-9-14/h5-12,16,20H,13H2,1-4H3,(H,21,23)/t16-/m1/s1. The molecule has 2 rings (SSSR count). The average molecular weight is 391 g/mol. The Balaban J connectivity index is 2.22. The number of nitrogens with one attached hydrogen (secondary N) is 2. The molecule has 2 aromatic rings. The molecule has 0 aliphatic carbocycles. The van der Waals surface area contributed by atoms with Crippen molar-refractivity contribution in [3.63, 3.8) is 0 Å². The maximum Gasteiger partial charge on any atom is 0.251 e. The van der Waals surface area contributed by atoms with Crippen LogP contribution in [0.2, 0.25) is 0 Å². The van der Waals surface area contributed by atoms with Crippen LogP contribution in [0, 0.1) is 0 Å². The number of ether oxygens (including phenoxy) is 1. The fraction of sp³-hybridized carbons (Fsp3) is 0.316. The Labute approximate surface area is 160 Å². The Morgan fingerprint density at radius 2 is 1.81 bits per heavy atom. The van der Waals surface area contributed by atoms with Gasteiger partial charge in [-0.15, -0.1) is 0 Å². The Kier molecular flexibility index (Phi) is 6.95. The van der Waals surface area contributed by atoms with E-state index in [2.05, 4.69) is 10.0 Å². The smallest absolute Gasteiger partial charge is 0.251 e. The third-order valence-corrected chi connectivity index (χ3v) is 5.68. The van der Waals surface area contributed by atoms with E-state index in [1.165, 1.54) is 32.4 Å². The molecule has 1 amide bonds. The molecule has 0 unspecified atom stereocenters. The summed E-state index contributed by atoms with van der Waals surface area (Å²) >= 11 is 0. The van der Waals surface area contributed by atoms with E-state index in [1.54, 1.807) is 0 Å². The Bertz CT molecular complexity index is 883. The maximum absolute atomic E-state index is 12.6. The molecule has 0 aliphatic heterocycles. The first-order chi connectivity index (χ1) is 12.8. The number of methoxy groups -OCH3 is 1. The minimum absolute atomic E-state index is 0.00564. The molecule has 0 aromatic heterocycles. The lowest BCUT2D eigenvalue weighted by Gasteiger charge is -2.25. The highest BCUT2D eigenvalue weighted by molar-refractivity contribution is 7.89. The highest BCUT2D eigenvalue weighted by Gasteiger charge is 2.21. The van der Waals surface area contributed by atoms with Gasteiger partial charge in [0.15, 0.2) is 0 Å². The first-order valence-electron chi connectivity index (χ1n) is 8.41. The molecule has 8 heteroatoms. The van der Waals surface area contributed by atoms with Crippen LogP contribution in [0.15, 0.2) is 53.4 Å². The molecular weight excluding hydrogens is 366 g/mol. The van der Waals surface area contributed by atoms with Crippen molar-refractivity contribution < 1.29 is 17.9 Å². The molecule has 0 saturated heterocycles. The van der Waals surface area contributed by atoms with Crippen molar-refractivity contribution in [2.75, 3.05) is 34.8 Å². The van der Waals surface area contributed by atoms with Gasteiger partial charge in [-0.05, 0) is 44.9 Å². The zero-order valence-corrected chi connectivity index (χ0v) is 16.7. The lowest BCUT2D eigenvalue weighted by molar-refractivity contribution is 0.0941. The van der Waals surface area contributed by atoms with Gasteiger partial charge in [-0.3, -0.25) is 4.79 Å². The second-order valence-electron chi connectivity index (χ2n) is 6.17. The van der Waals surface area contributed by atoms with Gasteiger partial charge >= 0.3 is 0 Å². The number of hydrogen-bond donors (Lipinski definition) is 2. The van der Waals surface area contributed by atoms with Crippen LogP contribution in [0.4, 0.5) is 0 Å². The summed E-state index contributed by atoms with van der Waals surface area (Å²) in [6, 6.07) is 14.2. The van der Waals surface area contributed by atoms with Gasteiger partial charge in [0.2, 0.25) is 10.0 Å². The van der Waals surface area contributed by atoms with Gasteiger partial charge in [-0.1, -0.05) is 30.3 Å². The second-order valence-corrected chi connectivity index (χ2v) is 8.03.